The predicted molar refractivity (Wildman–Crippen MR) is 74.7 cm³/mol. The molecule has 3 N–H and O–H groups in total. The zero-order chi connectivity index (χ0) is 13.8. The molecule has 0 spiro atoms. The summed E-state index contributed by atoms with van der Waals surface area (Å²) in [4.78, 5) is 13.3. The first-order valence-electron chi connectivity index (χ1n) is 6.64. The Bertz CT molecular complexity index is 456. The van der Waals surface area contributed by atoms with Gasteiger partial charge in [0.1, 0.15) is 5.82 Å². The van der Waals surface area contributed by atoms with Crippen LogP contribution in [0.4, 0.5) is 15.8 Å². The second kappa shape index (κ2) is 6.02. The van der Waals surface area contributed by atoms with E-state index >= 15 is 0 Å². The van der Waals surface area contributed by atoms with Crippen LogP contribution in [0.25, 0.3) is 0 Å². The summed E-state index contributed by atoms with van der Waals surface area (Å²) in [6, 6.07) is 4.91. The molecule has 1 aromatic rings. The molecule has 0 aromatic heterocycles. The number of rotatable bonds is 3. The van der Waals surface area contributed by atoms with E-state index in [9.17, 15) is 9.18 Å². The van der Waals surface area contributed by atoms with Gasteiger partial charge in [-0.3, -0.25) is 4.79 Å². The monoisotopic (exact) mass is 265 g/mol. The Balaban J connectivity index is 2.08. The van der Waals surface area contributed by atoms with Gasteiger partial charge < -0.3 is 16.0 Å². The lowest BCUT2D eigenvalue weighted by molar-refractivity contribution is -0.114. The number of benzene rings is 1. The Morgan fingerprint density at radius 3 is 2.74 bits per heavy atom. The largest absolute Gasteiger partial charge is 0.371 e. The number of hydrogen-bond acceptors (Lipinski definition) is 3. The number of nitrogens with one attached hydrogen (secondary N) is 1. The topological polar surface area (TPSA) is 58.4 Å². The van der Waals surface area contributed by atoms with Crippen LogP contribution in [-0.2, 0) is 4.79 Å². The van der Waals surface area contributed by atoms with Crippen LogP contribution in [0.15, 0.2) is 18.2 Å². The number of anilines is 2. The van der Waals surface area contributed by atoms with E-state index in [0.717, 1.165) is 37.5 Å². The Hall–Kier alpha value is -1.62. The molecular weight excluding hydrogens is 245 g/mol. The molecule has 5 heteroatoms. The first-order valence-corrected chi connectivity index (χ1v) is 6.64. The second-order valence-corrected chi connectivity index (χ2v) is 5.09. The fourth-order valence-electron chi connectivity index (χ4n) is 2.27. The van der Waals surface area contributed by atoms with Crippen LogP contribution in [0.2, 0.25) is 0 Å². The summed E-state index contributed by atoms with van der Waals surface area (Å²) in [5.41, 5.74) is 6.24. The SMILES string of the molecule is CC1CCN(c2ccc(NC(=O)CN)c(F)c2)CC1. The number of halogens is 1. The van der Waals surface area contributed by atoms with Crippen molar-refractivity contribution in [2.45, 2.75) is 19.8 Å². The Morgan fingerprint density at radius 2 is 2.16 bits per heavy atom. The molecule has 0 radical (unpaired) electrons. The predicted octanol–water partition coefficient (Wildman–Crippen LogP) is 1.96. The van der Waals surface area contributed by atoms with Crippen LogP contribution in [0.3, 0.4) is 0 Å². The van der Waals surface area contributed by atoms with Gasteiger partial charge in [0.05, 0.1) is 12.2 Å². The zero-order valence-electron chi connectivity index (χ0n) is 11.2. The van der Waals surface area contributed by atoms with Crippen LogP contribution >= 0.6 is 0 Å². The van der Waals surface area contributed by atoms with Crippen LogP contribution in [0, 0.1) is 11.7 Å². The van der Waals surface area contributed by atoms with Crippen molar-refractivity contribution in [2.24, 2.45) is 11.7 Å². The number of carbonyl (C=O) groups is 1. The van der Waals surface area contributed by atoms with E-state index in [2.05, 4.69) is 17.1 Å². The van der Waals surface area contributed by atoms with Crippen molar-refractivity contribution in [1.82, 2.24) is 0 Å². The average molecular weight is 265 g/mol. The van der Waals surface area contributed by atoms with E-state index in [-0.39, 0.29) is 12.2 Å². The first-order chi connectivity index (χ1) is 9.10. The molecule has 1 saturated heterocycles. The summed E-state index contributed by atoms with van der Waals surface area (Å²) in [6.45, 7) is 4.00. The number of amides is 1. The molecule has 4 nitrogen and oxygen atoms in total. The van der Waals surface area contributed by atoms with Gasteiger partial charge in [-0.2, -0.15) is 0 Å². The lowest BCUT2D eigenvalue weighted by Crippen LogP contribution is -2.32. The normalized spacial score (nSPS) is 16.5. The van der Waals surface area contributed by atoms with Gasteiger partial charge in [-0.05, 0) is 37.0 Å². The van der Waals surface area contributed by atoms with Crippen LogP contribution in [-0.4, -0.2) is 25.5 Å². The van der Waals surface area contributed by atoms with Crippen molar-refractivity contribution >= 4 is 17.3 Å². The smallest absolute Gasteiger partial charge is 0.238 e. The summed E-state index contributed by atoms with van der Waals surface area (Å²) in [6.07, 6.45) is 2.26. The molecule has 1 aromatic carbocycles. The summed E-state index contributed by atoms with van der Waals surface area (Å²) < 4.78 is 13.9. The Kier molecular flexibility index (Phi) is 4.37. The lowest BCUT2D eigenvalue weighted by Gasteiger charge is -2.32. The number of piperidine rings is 1. The molecule has 0 bridgehead atoms. The van der Waals surface area contributed by atoms with E-state index in [1.807, 2.05) is 6.07 Å². The van der Waals surface area contributed by atoms with E-state index in [0.29, 0.717) is 0 Å². The van der Waals surface area contributed by atoms with Crippen LogP contribution < -0.4 is 16.0 Å². The molecule has 0 saturated carbocycles. The quantitative estimate of drug-likeness (QED) is 0.878. The van der Waals surface area contributed by atoms with Crippen molar-refractivity contribution in [3.05, 3.63) is 24.0 Å². The van der Waals surface area contributed by atoms with Crippen LogP contribution in [0.5, 0.6) is 0 Å². The van der Waals surface area contributed by atoms with Gasteiger partial charge in [-0.1, -0.05) is 6.92 Å². The standard InChI is InChI=1S/C14H20FN3O/c1-10-4-6-18(7-5-10)11-2-3-13(12(15)8-11)17-14(19)9-16/h2-3,8,10H,4-7,9,16H2,1H3,(H,17,19). The maximum atomic E-state index is 13.9. The van der Waals surface area contributed by atoms with Gasteiger partial charge in [0.2, 0.25) is 5.91 Å². The second-order valence-electron chi connectivity index (χ2n) is 5.09. The fraction of sp³-hybridized carbons (Fsp3) is 0.500. The Morgan fingerprint density at radius 1 is 1.47 bits per heavy atom. The number of nitrogens with zero attached hydrogens (tertiary/aromatic N) is 1. The lowest BCUT2D eigenvalue weighted by atomic mass is 9.99. The summed E-state index contributed by atoms with van der Waals surface area (Å²) in [7, 11) is 0. The molecular formula is C14H20FN3O. The molecule has 104 valence electrons. The fourth-order valence-corrected chi connectivity index (χ4v) is 2.27. The van der Waals surface area contributed by atoms with E-state index in [1.165, 1.54) is 6.07 Å². The van der Waals surface area contributed by atoms with Gasteiger partial charge in [0.25, 0.3) is 0 Å². The third kappa shape index (κ3) is 3.44. The van der Waals surface area contributed by atoms with E-state index in [4.69, 9.17) is 5.73 Å². The Labute approximate surface area is 112 Å². The minimum atomic E-state index is -0.419. The number of hydrogen-bond donors (Lipinski definition) is 2. The van der Waals surface area contributed by atoms with E-state index < -0.39 is 11.7 Å². The first kappa shape index (κ1) is 13.8. The molecule has 1 amide bonds. The molecule has 1 heterocycles. The van der Waals surface area contributed by atoms with Crippen molar-refractivity contribution in [1.29, 1.82) is 0 Å². The molecule has 0 unspecified atom stereocenters. The number of carbonyl (C=O) groups excluding carboxylic acids is 1. The van der Waals surface area contributed by atoms with Crippen LogP contribution in [0.1, 0.15) is 19.8 Å². The van der Waals surface area contributed by atoms with Crippen molar-refractivity contribution < 1.29 is 9.18 Å². The molecule has 19 heavy (non-hydrogen) atoms. The highest BCUT2D eigenvalue weighted by atomic mass is 19.1. The van der Waals surface area contributed by atoms with Gasteiger partial charge >= 0.3 is 0 Å². The van der Waals surface area contributed by atoms with Crippen molar-refractivity contribution in [3.63, 3.8) is 0 Å². The molecule has 1 aliphatic heterocycles. The summed E-state index contributed by atoms with van der Waals surface area (Å²) in [5.74, 6) is -0.0689. The third-order valence-electron chi connectivity index (χ3n) is 3.56. The van der Waals surface area contributed by atoms with Gasteiger partial charge in [0.15, 0.2) is 0 Å². The molecule has 0 aliphatic carbocycles. The highest BCUT2D eigenvalue weighted by Gasteiger charge is 2.17. The maximum absolute atomic E-state index is 13.9. The molecule has 1 fully saturated rings. The highest BCUT2D eigenvalue weighted by Crippen LogP contribution is 2.26. The minimum absolute atomic E-state index is 0.148. The highest BCUT2D eigenvalue weighted by molar-refractivity contribution is 5.92. The molecule has 1 aliphatic rings. The zero-order valence-corrected chi connectivity index (χ0v) is 11.2. The van der Waals surface area contributed by atoms with E-state index in [1.54, 1.807) is 6.07 Å². The van der Waals surface area contributed by atoms with Gasteiger partial charge in [-0.15, -0.1) is 0 Å². The third-order valence-corrected chi connectivity index (χ3v) is 3.56. The minimum Gasteiger partial charge on any atom is -0.371 e. The molecule has 0 atom stereocenters. The summed E-state index contributed by atoms with van der Waals surface area (Å²) in [5, 5.41) is 2.44. The van der Waals surface area contributed by atoms with Crippen molar-refractivity contribution in [3.8, 4) is 0 Å². The van der Waals surface area contributed by atoms with Gasteiger partial charge in [0, 0.05) is 18.8 Å². The van der Waals surface area contributed by atoms with Gasteiger partial charge in [-0.25, -0.2) is 4.39 Å². The molecule has 2 rings (SSSR count). The summed E-state index contributed by atoms with van der Waals surface area (Å²) >= 11 is 0. The number of nitrogens with two attached hydrogens (primary N) is 1. The van der Waals surface area contributed by atoms with Crippen molar-refractivity contribution in [2.75, 3.05) is 29.9 Å². The average Bonchev–Trinajstić information content (AvgIpc) is 2.41. The maximum Gasteiger partial charge on any atom is 0.238 e.